The first-order valence-electron chi connectivity index (χ1n) is 3.71. The van der Waals surface area contributed by atoms with Gasteiger partial charge in [-0.25, -0.2) is 0 Å². The second-order valence-electron chi connectivity index (χ2n) is 2.73. The molecular weight excluding hydrogens is 148 g/mol. The monoisotopic (exact) mass is 162 g/mol. The van der Waals surface area contributed by atoms with E-state index in [-0.39, 0.29) is 6.61 Å². The molecule has 2 nitrogen and oxygen atoms in total. The van der Waals surface area contributed by atoms with Gasteiger partial charge in [0.25, 0.3) is 0 Å². The molecular formula is C7H14O2S. The number of aliphatic hydroxyl groups excluding tert-OH is 2. The molecule has 0 bridgehead atoms. The van der Waals surface area contributed by atoms with Crippen LogP contribution in [0.1, 0.15) is 12.8 Å². The van der Waals surface area contributed by atoms with Crippen LogP contribution < -0.4 is 0 Å². The van der Waals surface area contributed by atoms with Crippen molar-refractivity contribution in [3.05, 3.63) is 0 Å². The SMILES string of the molecule is OCC(O)C1CCCSC1. The Morgan fingerprint density at radius 3 is 2.90 bits per heavy atom. The highest BCUT2D eigenvalue weighted by molar-refractivity contribution is 7.99. The van der Waals surface area contributed by atoms with Crippen LogP contribution in [-0.4, -0.2) is 34.4 Å². The van der Waals surface area contributed by atoms with Crippen molar-refractivity contribution in [2.24, 2.45) is 5.92 Å². The predicted octanol–water partition coefficient (Wildman–Crippen LogP) is 0.483. The normalized spacial score (nSPS) is 30.0. The summed E-state index contributed by atoms with van der Waals surface area (Å²) in [5.41, 5.74) is 0. The maximum atomic E-state index is 9.22. The van der Waals surface area contributed by atoms with E-state index in [0.717, 1.165) is 12.2 Å². The lowest BCUT2D eigenvalue weighted by molar-refractivity contribution is 0.0510. The van der Waals surface area contributed by atoms with Crippen LogP contribution in [0.25, 0.3) is 0 Å². The first kappa shape index (κ1) is 8.37. The van der Waals surface area contributed by atoms with Gasteiger partial charge in [0.2, 0.25) is 0 Å². The molecule has 0 aromatic rings. The van der Waals surface area contributed by atoms with E-state index in [9.17, 15) is 5.11 Å². The van der Waals surface area contributed by atoms with Gasteiger partial charge in [-0.1, -0.05) is 0 Å². The Hall–Kier alpha value is 0.270. The first-order chi connectivity index (χ1) is 4.84. The van der Waals surface area contributed by atoms with Crippen molar-refractivity contribution in [3.8, 4) is 0 Å². The summed E-state index contributed by atoms with van der Waals surface area (Å²) in [5.74, 6) is 2.57. The van der Waals surface area contributed by atoms with E-state index in [0.29, 0.717) is 5.92 Å². The molecule has 2 unspecified atom stereocenters. The van der Waals surface area contributed by atoms with Gasteiger partial charge in [-0.3, -0.25) is 0 Å². The molecule has 10 heavy (non-hydrogen) atoms. The molecule has 0 aliphatic carbocycles. The van der Waals surface area contributed by atoms with E-state index in [1.54, 1.807) is 0 Å². The zero-order valence-corrected chi connectivity index (χ0v) is 6.81. The van der Waals surface area contributed by atoms with Gasteiger partial charge in [-0.2, -0.15) is 11.8 Å². The first-order valence-corrected chi connectivity index (χ1v) is 4.86. The van der Waals surface area contributed by atoms with E-state index in [2.05, 4.69) is 0 Å². The molecule has 1 rings (SSSR count). The Labute approximate surface area is 65.6 Å². The van der Waals surface area contributed by atoms with Crippen LogP contribution >= 0.6 is 11.8 Å². The maximum absolute atomic E-state index is 9.22. The van der Waals surface area contributed by atoms with Crippen molar-refractivity contribution < 1.29 is 10.2 Å². The minimum atomic E-state index is -0.479. The Bertz CT molecular complexity index is 91.6. The fourth-order valence-corrected chi connectivity index (χ4v) is 2.45. The molecule has 1 fully saturated rings. The van der Waals surface area contributed by atoms with Crippen LogP contribution in [0, 0.1) is 5.92 Å². The zero-order chi connectivity index (χ0) is 7.40. The van der Waals surface area contributed by atoms with Crippen LogP contribution in [0.2, 0.25) is 0 Å². The molecule has 3 heteroatoms. The molecule has 0 saturated carbocycles. The molecule has 0 aromatic carbocycles. The minimum Gasteiger partial charge on any atom is -0.394 e. The van der Waals surface area contributed by atoms with E-state index < -0.39 is 6.10 Å². The Kier molecular flexibility index (Phi) is 3.52. The second-order valence-corrected chi connectivity index (χ2v) is 3.88. The fraction of sp³-hybridized carbons (Fsp3) is 1.00. The van der Waals surface area contributed by atoms with Crippen molar-refractivity contribution in [3.63, 3.8) is 0 Å². The number of hydrogen-bond acceptors (Lipinski definition) is 3. The lowest BCUT2D eigenvalue weighted by atomic mass is 9.99. The third-order valence-electron chi connectivity index (χ3n) is 1.93. The highest BCUT2D eigenvalue weighted by Gasteiger charge is 2.20. The van der Waals surface area contributed by atoms with E-state index in [1.807, 2.05) is 11.8 Å². The molecule has 0 aromatic heterocycles. The zero-order valence-electron chi connectivity index (χ0n) is 5.99. The van der Waals surface area contributed by atoms with E-state index >= 15 is 0 Å². The standard InChI is InChI=1S/C7H14O2S/c8-4-7(9)6-2-1-3-10-5-6/h6-9H,1-5H2. The summed E-state index contributed by atoms with van der Waals surface area (Å²) in [7, 11) is 0. The summed E-state index contributed by atoms with van der Waals surface area (Å²) < 4.78 is 0. The molecule has 60 valence electrons. The topological polar surface area (TPSA) is 40.5 Å². The number of rotatable bonds is 2. The average molecular weight is 162 g/mol. The van der Waals surface area contributed by atoms with Gasteiger partial charge in [0, 0.05) is 0 Å². The number of hydrogen-bond donors (Lipinski definition) is 2. The molecule has 2 atom stereocenters. The van der Waals surface area contributed by atoms with Gasteiger partial charge < -0.3 is 10.2 Å². The van der Waals surface area contributed by atoms with Crippen molar-refractivity contribution in [2.75, 3.05) is 18.1 Å². The van der Waals surface area contributed by atoms with Crippen LogP contribution in [-0.2, 0) is 0 Å². The van der Waals surface area contributed by atoms with Crippen LogP contribution in [0.15, 0.2) is 0 Å². The highest BCUT2D eigenvalue weighted by atomic mass is 32.2. The molecule has 1 heterocycles. The second kappa shape index (κ2) is 4.21. The summed E-state index contributed by atoms with van der Waals surface area (Å²) >= 11 is 1.88. The molecule has 0 spiro atoms. The molecule has 1 saturated heterocycles. The predicted molar refractivity (Wildman–Crippen MR) is 43.1 cm³/mol. The largest absolute Gasteiger partial charge is 0.394 e. The lowest BCUT2D eigenvalue weighted by Crippen LogP contribution is -2.28. The molecule has 0 radical (unpaired) electrons. The van der Waals surface area contributed by atoms with Gasteiger partial charge in [0.1, 0.15) is 0 Å². The Balaban J connectivity index is 2.24. The Morgan fingerprint density at radius 1 is 1.60 bits per heavy atom. The van der Waals surface area contributed by atoms with Crippen LogP contribution in [0.4, 0.5) is 0 Å². The highest BCUT2D eigenvalue weighted by Crippen LogP contribution is 2.24. The summed E-state index contributed by atoms with van der Waals surface area (Å²) in [6.07, 6.45) is 1.79. The Morgan fingerprint density at radius 2 is 2.40 bits per heavy atom. The average Bonchev–Trinajstić information content (AvgIpc) is 2.05. The summed E-state index contributed by atoms with van der Waals surface area (Å²) in [4.78, 5) is 0. The van der Waals surface area contributed by atoms with E-state index in [4.69, 9.17) is 5.11 Å². The van der Waals surface area contributed by atoms with Gasteiger partial charge in [0.15, 0.2) is 0 Å². The summed E-state index contributed by atoms with van der Waals surface area (Å²) in [6.45, 7) is -0.0781. The maximum Gasteiger partial charge on any atom is 0.0806 e. The summed E-state index contributed by atoms with van der Waals surface area (Å²) in [6, 6.07) is 0. The molecule has 1 aliphatic heterocycles. The molecule has 1 aliphatic rings. The quantitative estimate of drug-likeness (QED) is 0.620. The fourth-order valence-electron chi connectivity index (χ4n) is 1.22. The van der Waals surface area contributed by atoms with Crippen molar-refractivity contribution in [2.45, 2.75) is 18.9 Å². The molecule has 2 N–H and O–H groups in total. The third kappa shape index (κ3) is 2.15. The van der Waals surface area contributed by atoms with Gasteiger partial charge in [0.05, 0.1) is 12.7 Å². The summed E-state index contributed by atoms with van der Waals surface area (Å²) in [5, 5.41) is 17.8. The van der Waals surface area contributed by atoms with Crippen molar-refractivity contribution in [1.29, 1.82) is 0 Å². The third-order valence-corrected chi connectivity index (χ3v) is 3.17. The number of thioether (sulfide) groups is 1. The van der Waals surface area contributed by atoms with Crippen molar-refractivity contribution in [1.82, 2.24) is 0 Å². The smallest absolute Gasteiger partial charge is 0.0806 e. The number of aliphatic hydroxyl groups is 2. The van der Waals surface area contributed by atoms with Crippen molar-refractivity contribution >= 4 is 11.8 Å². The van der Waals surface area contributed by atoms with Gasteiger partial charge in [-0.15, -0.1) is 0 Å². The van der Waals surface area contributed by atoms with Gasteiger partial charge >= 0.3 is 0 Å². The van der Waals surface area contributed by atoms with Crippen LogP contribution in [0.3, 0.4) is 0 Å². The van der Waals surface area contributed by atoms with E-state index in [1.165, 1.54) is 12.2 Å². The molecule has 0 amide bonds. The van der Waals surface area contributed by atoms with Crippen LogP contribution in [0.5, 0.6) is 0 Å². The lowest BCUT2D eigenvalue weighted by Gasteiger charge is -2.24. The minimum absolute atomic E-state index is 0.0781. The van der Waals surface area contributed by atoms with Gasteiger partial charge in [-0.05, 0) is 30.3 Å².